The number of carboxylic acid groups (broad SMARTS) is 1. The quantitative estimate of drug-likeness (QED) is 0.934. The first-order chi connectivity index (χ1) is 10.1. The highest BCUT2D eigenvalue weighted by atomic mass is 35.5. The largest absolute Gasteiger partial charge is 0.481 e. The molecule has 0 spiro atoms. The first-order valence-corrected chi connectivity index (χ1v) is 7.71. The van der Waals surface area contributed by atoms with Crippen molar-refractivity contribution in [3.8, 4) is 0 Å². The monoisotopic (exact) mass is 307 g/mol. The maximum Gasteiger partial charge on any atom is 0.307 e. The zero-order valence-electron chi connectivity index (χ0n) is 11.7. The zero-order chi connectivity index (χ0) is 15.0. The number of piperidine rings is 1. The van der Waals surface area contributed by atoms with Gasteiger partial charge in [0.1, 0.15) is 0 Å². The lowest BCUT2D eigenvalue weighted by Crippen LogP contribution is -2.39. The molecule has 0 bridgehead atoms. The Bertz CT molecular complexity index is 549. The average molecular weight is 308 g/mol. The number of rotatable bonds is 3. The molecular formula is C16H18ClNO3. The van der Waals surface area contributed by atoms with Crippen LogP contribution in [0.1, 0.15) is 30.7 Å². The van der Waals surface area contributed by atoms with Gasteiger partial charge in [0, 0.05) is 18.1 Å². The van der Waals surface area contributed by atoms with Crippen LogP contribution in [0.15, 0.2) is 24.3 Å². The second-order valence-electron chi connectivity index (χ2n) is 5.94. The number of benzene rings is 1. The van der Waals surface area contributed by atoms with Gasteiger partial charge in [-0.1, -0.05) is 23.7 Å². The SMILES string of the molecule is O=C(O)C1CC1C(=O)N1CCC(c2ccc(Cl)cc2)CC1. The van der Waals surface area contributed by atoms with Crippen molar-refractivity contribution in [3.63, 3.8) is 0 Å². The fourth-order valence-corrected chi connectivity index (χ4v) is 3.27. The van der Waals surface area contributed by atoms with Gasteiger partial charge in [0.15, 0.2) is 0 Å². The Morgan fingerprint density at radius 3 is 2.24 bits per heavy atom. The number of nitrogens with zero attached hydrogens (tertiary/aromatic N) is 1. The van der Waals surface area contributed by atoms with E-state index < -0.39 is 11.9 Å². The summed E-state index contributed by atoms with van der Waals surface area (Å²) in [5.74, 6) is -1.09. The fourth-order valence-electron chi connectivity index (χ4n) is 3.14. The van der Waals surface area contributed by atoms with Crippen LogP contribution < -0.4 is 0 Å². The first kappa shape index (κ1) is 14.4. The number of halogens is 1. The third-order valence-electron chi connectivity index (χ3n) is 4.57. The molecule has 4 nitrogen and oxygen atoms in total. The van der Waals surface area contributed by atoms with Crippen molar-refractivity contribution in [2.45, 2.75) is 25.2 Å². The lowest BCUT2D eigenvalue weighted by molar-refractivity contribution is -0.142. The van der Waals surface area contributed by atoms with Crippen molar-refractivity contribution in [3.05, 3.63) is 34.9 Å². The minimum Gasteiger partial charge on any atom is -0.481 e. The summed E-state index contributed by atoms with van der Waals surface area (Å²) in [6.45, 7) is 1.43. The van der Waals surface area contributed by atoms with Gasteiger partial charge in [0.25, 0.3) is 0 Å². The van der Waals surface area contributed by atoms with Gasteiger partial charge in [-0.2, -0.15) is 0 Å². The third-order valence-corrected chi connectivity index (χ3v) is 4.82. The Morgan fingerprint density at radius 1 is 1.10 bits per heavy atom. The van der Waals surface area contributed by atoms with Crippen molar-refractivity contribution in [1.82, 2.24) is 4.90 Å². The van der Waals surface area contributed by atoms with Gasteiger partial charge in [-0.15, -0.1) is 0 Å². The molecule has 2 fully saturated rings. The van der Waals surface area contributed by atoms with Gasteiger partial charge >= 0.3 is 5.97 Å². The van der Waals surface area contributed by atoms with E-state index in [1.54, 1.807) is 0 Å². The molecule has 5 heteroatoms. The van der Waals surface area contributed by atoms with Crippen molar-refractivity contribution in [2.75, 3.05) is 13.1 Å². The van der Waals surface area contributed by atoms with E-state index in [1.165, 1.54) is 5.56 Å². The van der Waals surface area contributed by atoms with E-state index in [2.05, 4.69) is 0 Å². The predicted molar refractivity (Wildman–Crippen MR) is 79.2 cm³/mol. The van der Waals surface area contributed by atoms with Crippen LogP contribution in [0.5, 0.6) is 0 Å². The normalized spacial score (nSPS) is 25.7. The lowest BCUT2D eigenvalue weighted by atomic mass is 9.89. The smallest absolute Gasteiger partial charge is 0.307 e. The van der Waals surface area contributed by atoms with E-state index in [4.69, 9.17) is 16.7 Å². The summed E-state index contributed by atoms with van der Waals surface area (Å²) in [5, 5.41) is 9.64. The molecule has 1 aromatic rings. The molecule has 2 unspecified atom stereocenters. The molecule has 2 atom stereocenters. The van der Waals surface area contributed by atoms with Crippen molar-refractivity contribution < 1.29 is 14.7 Å². The number of carbonyl (C=O) groups is 2. The second kappa shape index (κ2) is 5.68. The van der Waals surface area contributed by atoms with Crippen LogP contribution >= 0.6 is 11.6 Å². The van der Waals surface area contributed by atoms with Crippen LogP contribution in [0.4, 0.5) is 0 Å². The number of amides is 1. The average Bonchev–Trinajstić information content (AvgIpc) is 3.28. The van der Waals surface area contributed by atoms with Crippen LogP contribution in [-0.4, -0.2) is 35.0 Å². The highest BCUT2D eigenvalue weighted by Gasteiger charge is 2.50. The molecule has 0 aromatic heterocycles. The molecule has 21 heavy (non-hydrogen) atoms. The van der Waals surface area contributed by atoms with Crippen LogP contribution in [-0.2, 0) is 9.59 Å². The van der Waals surface area contributed by atoms with Crippen LogP contribution in [0.25, 0.3) is 0 Å². The summed E-state index contributed by atoms with van der Waals surface area (Å²) in [6, 6.07) is 7.89. The summed E-state index contributed by atoms with van der Waals surface area (Å²) in [6.07, 6.45) is 2.36. The molecule has 1 saturated heterocycles. The topological polar surface area (TPSA) is 57.6 Å². The van der Waals surface area contributed by atoms with E-state index in [9.17, 15) is 9.59 Å². The standard InChI is InChI=1S/C16H18ClNO3/c17-12-3-1-10(2-4-12)11-5-7-18(8-6-11)15(19)13-9-14(13)16(20)21/h1-4,11,13-14H,5-9H2,(H,20,21). The molecule has 1 saturated carbocycles. The Morgan fingerprint density at radius 2 is 1.71 bits per heavy atom. The number of aliphatic carboxylic acids is 1. The van der Waals surface area contributed by atoms with Gasteiger partial charge in [-0.25, -0.2) is 0 Å². The molecule has 112 valence electrons. The van der Waals surface area contributed by atoms with E-state index >= 15 is 0 Å². The number of hydrogen-bond acceptors (Lipinski definition) is 2. The molecule has 1 heterocycles. The Labute approximate surface area is 128 Å². The summed E-state index contributed by atoms with van der Waals surface area (Å²) < 4.78 is 0. The molecule has 1 aliphatic heterocycles. The minimum absolute atomic E-state index is 0.0250. The molecule has 3 rings (SSSR count). The highest BCUT2D eigenvalue weighted by Crippen LogP contribution is 2.41. The van der Waals surface area contributed by atoms with E-state index in [0.29, 0.717) is 12.3 Å². The van der Waals surface area contributed by atoms with Gasteiger partial charge in [0.05, 0.1) is 11.8 Å². The highest BCUT2D eigenvalue weighted by molar-refractivity contribution is 6.30. The Hall–Kier alpha value is -1.55. The summed E-state index contributed by atoms with van der Waals surface area (Å²) in [4.78, 5) is 24.9. The lowest BCUT2D eigenvalue weighted by Gasteiger charge is -2.32. The second-order valence-corrected chi connectivity index (χ2v) is 6.37. The maximum atomic E-state index is 12.2. The first-order valence-electron chi connectivity index (χ1n) is 7.33. The van der Waals surface area contributed by atoms with Crippen molar-refractivity contribution in [2.24, 2.45) is 11.8 Å². The molecular weight excluding hydrogens is 290 g/mol. The van der Waals surface area contributed by atoms with Gasteiger partial charge < -0.3 is 10.0 Å². The van der Waals surface area contributed by atoms with Gasteiger partial charge in [-0.05, 0) is 42.9 Å². The predicted octanol–water partition coefficient (Wildman–Crippen LogP) is 2.77. The summed E-state index contributed by atoms with van der Waals surface area (Å²) >= 11 is 5.90. The number of carboxylic acids is 1. The minimum atomic E-state index is -0.843. The number of carbonyl (C=O) groups excluding carboxylic acids is 1. The molecule has 1 amide bonds. The van der Waals surface area contributed by atoms with E-state index in [-0.39, 0.29) is 11.8 Å². The summed E-state index contributed by atoms with van der Waals surface area (Å²) in [5.41, 5.74) is 1.27. The van der Waals surface area contributed by atoms with E-state index in [1.807, 2.05) is 29.2 Å². The zero-order valence-corrected chi connectivity index (χ0v) is 12.4. The molecule has 0 radical (unpaired) electrons. The van der Waals surface area contributed by atoms with Gasteiger partial charge in [-0.3, -0.25) is 9.59 Å². The number of likely N-dealkylation sites (tertiary alicyclic amines) is 1. The Kier molecular flexibility index (Phi) is 3.89. The van der Waals surface area contributed by atoms with E-state index in [0.717, 1.165) is 31.0 Å². The number of hydrogen-bond donors (Lipinski definition) is 1. The van der Waals surface area contributed by atoms with Crippen LogP contribution in [0.3, 0.4) is 0 Å². The van der Waals surface area contributed by atoms with Crippen molar-refractivity contribution in [1.29, 1.82) is 0 Å². The van der Waals surface area contributed by atoms with Gasteiger partial charge in [0.2, 0.25) is 5.91 Å². The Balaban J connectivity index is 1.54. The molecule has 2 aliphatic rings. The third kappa shape index (κ3) is 3.05. The fraction of sp³-hybridized carbons (Fsp3) is 0.500. The maximum absolute atomic E-state index is 12.2. The molecule has 1 aromatic carbocycles. The van der Waals surface area contributed by atoms with Crippen LogP contribution in [0.2, 0.25) is 5.02 Å². The summed E-state index contributed by atoms with van der Waals surface area (Å²) in [7, 11) is 0. The van der Waals surface area contributed by atoms with Crippen LogP contribution in [0, 0.1) is 11.8 Å². The molecule has 1 aliphatic carbocycles. The van der Waals surface area contributed by atoms with Crippen molar-refractivity contribution >= 4 is 23.5 Å². The molecule has 1 N–H and O–H groups in total.